The Morgan fingerprint density at radius 2 is 2.00 bits per heavy atom. The quantitative estimate of drug-likeness (QED) is 0.590. The minimum Gasteiger partial charge on any atom is -0.492 e. The number of nitrogens with one attached hydrogen (secondary N) is 3. The van der Waals surface area contributed by atoms with Crippen LogP contribution in [0.3, 0.4) is 0 Å². The number of carbonyl (C=O) groups is 2. The Labute approximate surface area is 202 Å². The van der Waals surface area contributed by atoms with Crippen LogP contribution in [0.5, 0.6) is 5.75 Å². The number of carbonyl (C=O) groups excluding carboxylic acids is 2. The van der Waals surface area contributed by atoms with E-state index in [0.29, 0.717) is 30.8 Å². The zero-order valence-corrected chi connectivity index (χ0v) is 18.6. The molecule has 12 heteroatoms. The summed E-state index contributed by atoms with van der Waals surface area (Å²) in [4.78, 5) is 32.0. The van der Waals surface area contributed by atoms with Gasteiger partial charge in [-0.05, 0) is 36.8 Å². The fourth-order valence-electron chi connectivity index (χ4n) is 4.96. The average molecular weight is 499 g/mol. The molecule has 2 aliphatic carbocycles. The number of alkyl halides is 3. The summed E-state index contributed by atoms with van der Waals surface area (Å²) in [7, 11) is 0. The predicted molar refractivity (Wildman–Crippen MR) is 120 cm³/mol. The Balaban J connectivity index is 1.08. The van der Waals surface area contributed by atoms with E-state index in [1.54, 1.807) is 12.3 Å². The number of rotatable bonds is 4. The van der Waals surface area contributed by atoms with E-state index in [2.05, 4.69) is 25.9 Å². The van der Waals surface area contributed by atoms with Crippen molar-refractivity contribution in [2.75, 3.05) is 10.6 Å². The number of ether oxygens (including phenoxy) is 2. The number of allylic oxidation sites excluding steroid dienone is 4. The minimum atomic E-state index is -4.53. The summed E-state index contributed by atoms with van der Waals surface area (Å²) < 4.78 is 50.8. The summed E-state index contributed by atoms with van der Waals surface area (Å²) in [6.45, 7) is 0. The van der Waals surface area contributed by atoms with Gasteiger partial charge in [0.05, 0.1) is 11.6 Å². The van der Waals surface area contributed by atoms with Gasteiger partial charge in [0.2, 0.25) is 5.91 Å². The van der Waals surface area contributed by atoms with E-state index >= 15 is 0 Å². The Morgan fingerprint density at radius 1 is 1.17 bits per heavy atom. The van der Waals surface area contributed by atoms with Crippen LogP contribution in [0.25, 0.3) is 0 Å². The molecule has 9 nitrogen and oxygen atoms in total. The highest BCUT2D eigenvalue weighted by atomic mass is 19.4. The smallest absolute Gasteiger partial charge is 0.416 e. The fraction of sp³-hybridized carbons (Fsp3) is 0.333. The van der Waals surface area contributed by atoms with E-state index in [4.69, 9.17) is 9.47 Å². The number of pyridine rings is 2. The second-order valence-corrected chi connectivity index (χ2v) is 9.01. The molecule has 0 bridgehead atoms. The Kier molecular flexibility index (Phi) is 5.13. The molecule has 186 valence electrons. The van der Waals surface area contributed by atoms with Gasteiger partial charge in [-0.2, -0.15) is 13.2 Å². The molecule has 6 rings (SSSR count). The first-order valence-corrected chi connectivity index (χ1v) is 11.4. The third-order valence-electron chi connectivity index (χ3n) is 6.70. The highest BCUT2D eigenvalue weighted by molar-refractivity contribution is 5.93. The molecule has 0 aromatic carbocycles. The molecule has 2 aliphatic heterocycles. The highest BCUT2D eigenvalue weighted by Crippen LogP contribution is 2.55. The number of nitrogens with zero attached hydrogens (tertiary/aromatic N) is 2. The monoisotopic (exact) mass is 499 g/mol. The number of fused-ring (bicyclic) bond motifs is 4. The van der Waals surface area contributed by atoms with Gasteiger partial charge in [0, 0.05) is 42.6 Å². The summed E-state index contributed by atoms with van der Waals surface area (Å²) in [6, 6.07) is 2.45. The van der Waals surface area contributed by atoms with E-state index in [-0.39, 0.29) is 35.7 Å². The maximum atomic E-state index is 12.9. The summed E-state index contributed by atoms with van der Waals surface area (Å²) in [5.74, 6) is 2.44. The van der Waals surface area contributed by atoms with Crippen LogP contribution in [0, 0.1) is 11.8 Å². The van der Waals surface area contributed by atoms with Gasteiger partial charge >= 0.3 is 12.2 Å². The molecule has 0 radical (unpaired) electrons. The summed E-state index contributed by atoms with van der Waals surface area (Å²) in [5, 5.41) is 7.88. The molecule has 2 aromatic heterocycles. The van der Waals surface area contributed by atoms with Gasteiger partial charge in [0.25, 0.3) is 0 Å². The van der Waals surface area contributed by atoms with Gasteiger partial charge in [-0.25, -0.2) is 14.8 Å². The number of urea groups is 1. The van der Waals surface area contributed by atoms with E-state index in [1.807, 2.05) is 12.2 Å². The van der Waals surface area contributed by atoms with Crippen molar-refractivity contribution in [2.45, 2.75) is 37.6 Å². The normalized spacial score (nSPS) is 25.7. The van der Waals surface area contributed by atoms with Crippen LogP contribution in [-0.4, -0.2) is 34.1 Å². The first kappa shape index (κ1) is 22.4. The molecular weight excluding hydrogens is 479 g/mol. The first-order chi connectivity index (χ1) is 17.3. The Bertz CT molecular complexity index is 1330. The third-order valence-corrected chi connectivity index (χ3v) is 6.70. The number of anilines is 2. The zero-order chi connectivity index (χ0) is 25.0. The molecule has 1 saturated heterocycles. The molecule has 2 aromatic rings. The molecule has 0 spiro atoms. The molecule has 4 atom stereocenters. The Morgan fingerprint density at radius 3 is 2.83 bits per heavy atom. The van der Waals surface area contributed by atoms with Crippen LogP contribution < -0.4 is 20.7 Å². The van der Waals surface area contributed by atoms with Crippen LogP contribution in [0.4, 0.5) is 29.6 Å². The van der Waals surface area contributed by atoms with Crippen LogP contribution in [0.2, 0.25) is 0 Å². The molecule has 1 unspecified atom stereocenters. The van der Waals surface area contributed by atoms with Crippen LogP contribution in [0.1, 0.15) is 24.0 Å². The van der Waals surface area contributed by atoms with Gasteiger partial charge in [0.1, 0.15) is 35.0 Å². The number of aromatic nitrogens is 2. The number of amides is 3. The van der Waals surface area contributed by atoms with Crippen molar-refractivity contribution in [3.63, 3.8) is 0 Å². The third kappa shape index (κ3) is 4.12. The Hall–Kier alpha value is -4.09. The number of hydrogen-bond acceptors (Lipinski definition) is 6. The largest absolute Gasteiger partial charge is 0.492 e. The van der Waals surface area contributed by atoms with E-state index in [1.165, 1.54) is 0 Å². The lowest BCUT2D eigenvalue weighted by molar-refractivity contribution is -0.137. The molecule has 36 heavy (non-hydrogen) atoms. The van der Waals surface area contributed by atoms with Gasteiger partial charge < -0.3 is 20.1 Å². The van der Waals surface area contributed by atoms with Crippen LogP contribution in [0.15, 0.2) is 54.3 Å². The summed E-state index contributed by atoms with van der Waals surface area (Å²) in [6.07, 6.45) is 3.00. The molecule has 1 saturated carbocycles. The lowest BCUT2D eigenvalue weighted by Crippen LogP contribution is -2.35. The number of hydrogen-bond donors (Lipinski definition) is 3. The van der Waals surface area contributed by atoms with Crippen molar-refractivity contribution >= 4 is 23.6 Å². The SMILES string of the molecule is O=C1CCc2c(OC3=CC=C4O[C@@H]5[C@@H](NC(=O)Nc6cc(C(F)(F)F)ccn6)[C@@H]5C4C3)ccnc2N1. The second kappa shape index (κ2) is 8.25. The lowest BCUT2D eigenvalue weighted by Gasteiger charge is -2.24. The summed E-state index contributed by atoms with van der Waals surface area (Å²) in [5.41, 5.74) is -0.0484. The molecule has 4 aliphatic rings. The average Bonchev–Trinajstić information content (AvgIpc) is 3.34. The molecule has 4 heterocycles. The molecule has 3 amide bonds. The zero-order valence-electron chi connectivity index (χ0n) is 18.6. The maximum Gasteiger partial charge on any atom is 0.416 e. The van der Waals surface area contributed by atoms with Crippen molar-refractivity contribution in [3.8, 4) is 5.75 Å². The van der Waals surface area contributed by atoms with Crippen molar-refractivity contribution in [2.24, 2.45) is 11.8 Å². The first-order valence-electron chi connectivity index (χ1n) is 11.4. The minimum absolute atomic E-state index is 0.00403. The standard InChI is InChI=1S/C24H20F3N5O4/c25-24(26,27)11-5-7-28-17(9-11)30-23(34)32-20-19-14-10-12(1-3-15(14)36-21(19)20)35-16-6-8-29-22-13(16)2-4-18(33)31-22/h1,3,5-9,14,19-21H,2,4,10H2,(H,29,31,33)(H2,28,30,32,34)/t14?,19-,20-,21-/m0/s1. The highest BCUT2D eigenvalue weighted by Gasteiger charge is 2.64. The van der Waals surface area contributed by atoms with Crippen LogP contribution in [-0.2, 0) is 22.1 Å². The van der Waals surface area contributed by atoms with Gasteiger partial charge in [-0.1, -0.05) is 0 Å². The lowest BCUT2D eigenvalue weighted by atomic mass is 9.93. The second-order valence-electron chi connectivity index (χ2n) is 9.01. The topological polar surface area (TPSA) is 114 Å². The van der Waals surface area contributed by atoms with Gasteiger partial charge in [-0.15, -0.1) is 0 Å². The molecule has 2 fully saturated rings. The molecule has 3 N–H and O–H groups in total. The predicted octanol–water partition coefficient (Wildman–Crippen LogP) is 3.77. The van der Waals surface area contributed by atoms with E-state index in [9.17, 15) is 22.8 Å². The fourth-order valence-corrected chi connectivity index (χ4v) is 4.96. The van der Waals surface area contributed by atoms with Gasteiger partial charge in [-0.3, -0.25) is 10.1 Å². The number of halogens is 3. The summed E-state index contributed by atoms with van der Waals surface area (Å²) >= 11 is 0. The van der Waals surface area contributed by atoms with E-state index < -0.39 is 17.8 Å². The van der Waals surface area contributed by atoms with Crippen molar-refractivity contribution in [1.29, 1.82) is 0 Å². The maximum absolute atomic E-state index is 12.9. The van der Waals surface area contributed by atoms with Crippen molar-refractivity contribution in [3.05, 3.63) is 65.4 Å². The van der Waals surface area contributed by atoms with E-state index in [0.717, 1.165) is 35.4 Å². The van der Waals surface area contributed by atoms with Gasteiger partial charge in [0.15, 0.2) is 0 Å². The molecular formula is C24H20F3N5O4. The van der Waals surface area contributed by atoms with Crippen LogP contribution >= 0.6 is 0 Å². The van der Waals surface area contributed by atoms with Crippen molar-refractivity contribution < 1.29 is 32.2 Å². The van der Waals surface area contributed by atoms with Crippen molar-refractivity contribution in [1.82, 2.24) is 15.3 Å².